The minimum Gasteiger partial charge on any atom is -0.349 e. The first-order chi connectivity index (χ1) is 10.2. The first-order valence-corrected chi connectivity index (χ1v) is 9.26. The second-order valence-electron chi connectivity index (χ2n) is 5.97. The Morgan fingerprint density at radius 2 is 2.04 bits per heavy atom. The number of nitrogens with one attached hydrogen (secondary N) is 3. The van der Waals surface area contributed by atoms with Crippen molar-refractivity contribution >= 4 is 34.0 Å². The van der Waals surface area contributed by atoms with Crippen molar-refractivity contribution in [3.63, 3.8) is 0 Å². The summed E-state index contributed by atoms with van der Waals surface area (Å²) >= 11 is 0. The molecule has 0 saturated carbocycles. The molecule has 2 atom stereocenters. The summed E-state index contributed by atoms with van der Waals surface area (Å²) in [5.41, 5.74) is 1.58. The van der Waals surface area contributed by atoms with E-state index in [9.17, 15) is 13.2 Å². The van der Waals surface area contributed by atoms with E-state index in [0.29, 0.717) is 17.3 Å². The van der Waals surface area contributed by atoms with E-state index in [2.05, 4.69) is 22.3 Å². The molecule has 0 bridgehead atoms. The van der Waals surface area contributed by atoms with Gasteiger partial charge in [0.1, 0.15) is 0 Å². The molecule has 6 nitrogen and oxygen atoms in total. The van der Waals surface area contributed by atoms with Crippen LogP contribution in [0.25, 0.3) is 0 Å². The summed E-state index contributed by atoms with van der Waals surface area (Å²) in [6.07, 6.45) is 2.81. The zero-order valence-electron chi connectivity index (χ0n) is 13.5. The van der Waals surface area contributed by atoms with Gasteiger partial charge in [-0.3, -0.25) is 9.52 Å². The lowest BCUT2D eigenvalue weighted by molar-refractivity contribution is 0.0926. The molecule has 1 aliphatic rings. The van der Waals surface area contributed by atoms with Crippen LogP contribution in [0.2, 0.25) is 0 Å². The maximum Gasteiger partial charge on any atom is 0.253 e. The Kier molecular flexibility index (Phi) is 6.85. The van der Waals surface area contributed by atoms with E-state index in [1.54, 1.807) is 18.2 Å². The monoisotopic (exact) mass is 361 g/mol. The van der Waals surface area contributed by atoms with Gasteiger partial charge in [0.25, 0.3) is 5.91 Å². The highest BCUT2D eigenvalue weighted by atomic mass is 35.5. The number of sulfonamides is 1. The molecule has 1 fully saturated rings. The van der Waals surface area contributed by atoms with Crippen molar-refractivity contribution in [2.45, 2.75) is 38.8 Å². The molecule has 0 aromatic heterocycles. The summed E-state index contributed by atoms with van der Waals surface area (Å²) in [6, 6.07) is 5.57. The van der Waals surface area contributed by atoms with Gasteiger partial charge in [0, 0.05) is 12.1 Å². The van der Waals surface area contributed by atoms with Gasteiger partial charge < -0.3 is 10.6 Å². The summed E-state index contributed by atoms with van der Waals surface area (Å²) in [6.45, 7) is 4.82. The van der Waals surface area contributed by atoms with Gasteiger partial charge in [-0.05, 0) is 45.4 Å². The standard InChI is InChI=1S/C15H23N3O3S.ClH/c1-10-4-5-14(18-22(3,20)21)13(8-10)15(19)17-12-6-7-16-11(2)9-12;/h4-5,8,11-12,16,18H,6-7,9H2,1-3H3,(H,17,19);1H. The molecule has 1 heterocycles. The van der Waals surface area contributed by atoms with Crippen LogP contribution in [-0.2, 0) is 10.0 Å². The van der Waals surface area contributed by atoms with Gasteiger partial charge in [-0.2, -0.15) is 0 Å². The van der Waals surface area contributed by atoms with Crippen LogP contribution in [-0.4, -0.2) is 39.2 Å². The minimum atomic E-state index is -3.43. The van der Waals surface area contributed by atoms with E-state index >= 15 is 0 Å². The number of hydrogen-bond acceptors (Lipinski definition) is 4. The molecule has 1 aromatic rings. The largest absolute Gasteiger partial charge is 0.349 e. The number of anilines is 1. The number of aryl methyl sites for hydroxylation is 1. The summed E-state index contributed by atoms with van der Waals surface area (Å²) in [7, 11) is -3.43. The van der Waals surface area contributed by atoms with E-state index in [1.165, 1.54) is 0 Å². The quantitative estimate of drug-likeness (QED) is 0.761. The zero-order chi connectivity index (χ0) is 16.3. The van der Waals surface area contributed by atoms with Crippen molar-refractivity contribution in [1.82, 2.24) is 10.6 Å². The number of piperidine rings is 1. The lowest BCUT2D eigenvalue weighted by atomic mass is 10.00. The fourth-order valence-electron chi connectivity index (χ4n) is 2.66. The maximum atomic E-state index is 12.5. The summed E-state index contributed by atoms with van der Waals surface area (Å²) in [5.74, 6) is -0.242. The number of amides is 1. The molecule has 2 unspecified atom stereocenters. The third kappa shape index (κ3) is 6.01. The lowest BCUT2D eigenvalue weighted by Gasteiger charge is -2.29. The molecule has 130 valence electrons. The fourth-order valence-corrected chi connectivity index (χ4v) is 3.24. The highest BCUT2D eigenvalue weighted by Gasteiger charge is 2.22. The number of carbonyl (C=O) groups is 1. The van der Waals surface area contributed by atoms with Gasteiger partial charge in [-0.15, -0.1) is 12.4 Å². The maximum absolute atomic E-state index is 12.5. The van der Waals surface area contributed by atoms with Crippen molar-refractivity contribution in [2.75, 3.05) is 17.5 Å². The van der Waals surface area contributed by atoms with Crippen LogP contribution < -0.4 is 15.4 Å². The normalized spacial score (nSPS) is 21.2. The van der Waals surface area contributed by atoms with Gasteiger partial charge in [-0.25, -0.2) is 8.42 Å². The Morgan fingerprint density at radius 1 is 1.35 bits per heavy atom. The molecule has 3 N–H and O–H groups in total. The minimum absolute atomic E-state index is 0. The highest BCUT2D eigenvalue weighted by molar-refractivity contribution is 7.92. The molecular weight excluding hydrogens is 338 g/mol. The van der Waals surface area contributed by atoms with Crippen LogP contribution in [0.4, 0.5) is 5.69 Å². The third-order valence-corrected chi connectivity index (χ3v) is 4.26. The molecule has 1 aromatic carbocycles. The molecule has 0 radical (unpaired) electrons. The predicted molar refractivity (Wildman–Crippen MR) is 94.8 cm³/mol. The Balaban J connectivity index is 0.00000264. The van der Waals surface area contributed by atoms with E-state index in [-0.39, 0.29) is 24.4 Å². The average Bonchev–Trinajstić information content (AvgIpc) is 2.39. The van der Waals surface area contributed by atoms with Crippen molar-refractivity contribution < 1.29 is 13.2 Å². The number of rotatable bonds is 4. The van der Waals surface area contributed by atoms with Gasteiger partial charge in [-0.1, -0.05) is 11.6 Å². The molecule has 23 heavy (non-hydrogen) atoms. The van der Waals surface area contributed by atoms with Crippen molar-refractivity contribution in [3.8, 4) is 0 Å². The first kappa shape index (κ1) is 19.7. The molecule has 2 rings (SSSR count). The SMILES string of the molecule is Cc1ccc(NS(C)(=O)=O)c(C(=O)NC2CCNC(C)C2)c1.Cl. The molecule has 0 spiro atoms. The number of hydrogen-bond donors (Lipinski definition) is 3. The highest BCUT2D eigenvalue weighted by Crippen LogP contribution is 2.19. The van der Waals surface area contributed by atoms with Crippen LogP contribution >= 0.6 is 12.4 Å². The Bertz CT molecular complexity index is 664. The molecule has 1 aliphatic heterocycles. The summed E-state index contributed by atoms with van der Waals surface area (Å²) < 4.78 is 25.3. The third-order valence-electron chi connectivity index (χ3n) is 3.67. The fraction of sp³-hybridized carbons (Fsp3) is 0.533. The van der Waals surface area contributed by atoms with Gasteiger partial charge >= 0.3 is 0 Å². The molecule has 1 saturated heterocycles. The van der Waals surface area contributed by atoms with Crippen molar-refractivity contribution in [2.24, 2.45) is 0 Å². The molecule has 0 aliphatic carbocycles. The summed E-state index contributed by atoms with van der Waals surface area (Å²) in [4.78, 5) is 12.5. The summed E-state index contributed by atoms with van der Waals surface area (Å²) in [5, 5.41) is 6.34. The van der Waals surface area contributed by atoms with Crippen LogP contribution in [0, 0.1) is 6.92 Å². The Hall–Kier alpha value is -1.31. The van der Waals surface area contributed by atoms with Crippen molar-refractivity contribution in [3.05, 3.63) is 29.3 Å². The topological polar surface area (TPSA) is 87.3 Å². The average molecular weight is 362 g/mol. The second kappa shape index (κ2) is 7.99. The molecular formula is C15H24ClN3O3S. The lowest BCUT2D eigenvalue weighted by Crippen LogP contribution is -2.46. The number of carbonyl (C=O) groups excluding carboxylic acids is 1. The van der Waals surface area contributed by atoms with Gasteiger partial charge in [0.2, 0.25) is 10.0 Å². The number of halogens is 1. The first-order valence-electron chi connectivity index (χ1n) is 7.37. The van der Waals surface area contributed by atoms with Crippen molar-refractivity contribution in [1.29, 1.82) is 0 Å². The second-order valence-corrected chi connectivity index (χ2v) is 7.72. The smallest absolute Gasteiger partial charge is 0.253 e. The Labute approximate surface area is 143 Å². The van der Waals surface area contributed by atoms with Crippen LogP contribution in [0.3, 0.4) is 0 Å². The van der Waals surface area contributed by atoms with Crippen LogP contribution in [0.15, 0.2) is 18.2 Å². The van der Waals surface area contributed by atoms with E-state index in [0.717, 1.165) is 31.2 Å². The predicted octanol–water partition coefficient (Wildman–Crippen LogP) is 1.66. The molecule has 1 amide bonds. The number of benzene rings is 1. The van der Waals surface area contributed by atoms with Crippen LogP contribution in [0.5, 0.6) is 0 Å². The molecule has 8 heteroatoms. The van der Waals surface area contributed by atoms with Crippen LogP contribution in [0.1, 0.15) is 35.7 Å². The Morgan fingerprint density at radius 3 is 2.65 bits per heavy atom. The van der Waals surface area contributed by atoms with E-state index < -0.39 is 10.0 Å². The van der Waals surface area contributed by atoms with Gasteiger partial charge in [0.05, 0.1) is 17.5 Å². The van der Waals surface area contributed by atoms with E-state index in [4.69, 9.17) is 0 Å². The zero-order valence-corrected chi connectivity index (χ0v) is 15.2. The van der Waals surface area contributed by atoms with E-state index in [1.807, 2.05) is 6.92 Å². The van der Waals surface area contributed by atoms with Gasteiger partial charge in [0.15, 0.2) is 0 Å².